The quantitative estimate of drug-likeness (QED) is 0.483. The van der Waals surface area contributed by atoms with Gasteiger partial charge in [-0.2, -0.15) is 4.98 Å². The Labute approximate surface area is 191 Å². The number of ether oxygens (including phenoxy) is 1. The van der Waals surface area contributed by atoms with Crippen LogP contribution in [0.1, 0.15) is 35.2 Å². The highest BCUT2D eigenvalue weighted by Gasteiger charge is 2.34. The molecule has 0 saturated heterocycles. The van der Waals surface area contributed by atoms with Gasteiger partial charge >= 0.3 is 0 Å². The van der Waals surface area contributed by atoms with Gasteiger partial charge < -0.3 is 4.74 Å². The molecule has 0 saturated carbocycles. The highest BCUT2D eigenvalue weighted by atomic mass is 35.5. The molecule has 5 heteroatoms. The number of hydrogen-bond donors (Lipinski definition) is 0. The minimum Gasteiger partial charge on any atom is -0.484 e. The fourth-order valence-electron chi connectivity index (χ4n) is 4.55. The van der Waals surface area contributed by atoms with E-state index >= 15 is 0 Å². The van der Waals surface area contributed by atoms with Gasteiger partial charge in [0.2, 0.25) is 5.28 Å². The first-order chi connectivity index (χ1) is 15.8. The van der Waals surface area contributed by atoms with E-state index in [0.717, 1.165) is 28.9 Å². The maximum absolute atomic E-state index is 6.32. The predicted molar refractivity (Wildman–Crippen MR) is 127 cm³/mol. The smallest absolute Gasteiger partial charge is 0.226 e. The van der Waals surface area contributed by atoms with E-state index in [9.17, 15) is 0 Å². The Hall–Kier alpha value is -3.50. The molecular formula is C27H20ClN3O. The molecule has 2 aromatic carbocycles. The first-order valence-electron chi connectivity index (χ1n) is 10.8. The molecule has 3 atom stereocenters. The molecule has 3 unspecified atom stereocenters. The van der Waals surface area contributed by atoms with Gasteiger partial charge in [-0.05, 0) is 29.7 Å². The first kappa shape index (κ1) is 19.2. The van der Waals surface area contributed by atoms with Crippen LogP contribution in [0.4, 0.5) is 0 Å². The van der Waals surface area contributed by atoms with Gasteiger partial charge in [-0.15, -0.1) is 0 Å². The van der Waals surface area contributed by atoms with Gasteiger partial charge in [0.05, 0.1) is 0 Å². The van der Waals surface area contributed by atoms with Crippen molar-refractivity contribution in [3.05, 3.63) is 113 Å². The molecule has 3 aliphatic rings. The Morgan fingerprint density at radius 2 is 1.75 bits per heavy atom. The number of allylic oxidation sites excluding steroid dienone is 6. The Kier molecular flexibility index (Phi) is 4.73. The summed E-state index contributed by atoms with van der Waals surface area (Å²) in [6.07, 6.45) is 15.9. The standard InChI is InChI=1S/C27H20ClN3O/c28-27-30-25(18-7-2-1-3-8-18)29-26(31-27)19-15-13-17(14-16-19)20-10-6-11-22-21-9-4-5-12-23(21)32-24(20)22/h1-15,19,21,23H,16H2. The highest BCUT2D eigenvalue weighted by molar-refractivity contribution is 6.28. The number of rotatable bonds is 3. The summed E-state index contributed by atoms with van der Waals surface area (Å²) in [5.41, 5.74) is 4.47. The number of halogens is 1. The lowest BCUT2D eigenvalue weighted by Gasteiger charge is -2.17. The molecule has 0 radical (unpaired) electrons. The van der Waals surface area contributed by atoms with Crippen LogP contribution in [-0.4, -0.2) is 21.1 Å². The van der Waals surface area contributed by atoms with Gasteiger partial charge in [0.15, 0.2) is 5.82 Å². The molecule has 3 aromatic rings. The van der Waals surface area contributed by atoms with Crippen LogP contribution >= 0.6 is 11.6 Å². The van der Waals surface area contributed by atoms with Crippen molar-refractivity contribution in [3.8, 4) is 17.1 Å². The maximum atomic E-state index is 6.32. The van der Waals surface area contributed by atoms with E-state index in [1.165, 1.54) is 5.56 Å². The topological polar surface area (TPSA) is 47.9 Å². The van der Waals surface area contributed by atoms with Crippen molar-refractivity contribution in [2.24, 2.45) is 0 Å². The molecule has 0 N–H and O–H groups in total. The van der Waals surface area contributed by atoms with Crippen molar-refractivity contribution < 1.29 is 4.74 Å². The van der Waals surface area contributed by atoms with Crippen molar-refractivity contribution >= 4 is 17.2 Å². The van der Waals surface area contributed by atoms with Crippen molar-refractivity contribution in [1.29, 1.82) is 0 Å². The number of nitrogens with zero attached hydrogens (tertiary/aromatic N) is 3. The van der Waals surface area contributed by atoms with Gasteiger partial charge in [0, 0.05) is 28.5 Å². The third-order valence-electron chi connectivity index (χ3n) is 6.14. The summed E-state index contributed by atoms with van der Waals surface area (Å²) >= 11 is 6.24. The fraction of sp³-hybridized carbons (Fsp3) is 0.148. The molecule has 6 rings (SSSR count). The third kappa shape index (κ3) is 3.37. The zero-order valence-corrected chi connectivity index (χ0v) is 18.0. The van der Waals surface area contributed by atoms with Crippen LogP contribution in [0.3, 0.4) is 0 Å². The predicted octanol–water partition coefficient (Wildman–Crippen LogP) is 6.29. The van der Waals surface area contributed by atoms with E-state index < -0.39 is 0 Å². The second kappa shape index (κ2) is 7.88. The normalized spacial score (nSPS) is 22.8. The van der Waals surface area contributed by atoms with E-state index in [0.29, 0.717) is 17.6 Å². The Balaban J connectivity index is 1.28. The third-order valence-corrected chi connectivity index (χ3v) is 6.31. The lowest BCUT2D eigenvalue weighted by molar-refractivity contribution is 0.268. The fourth-order valence-corrected chi connectivity index (χ4v) is 4.72. The molecule has 1 aliphatic heterocycles. The average molecular weight is 438 g/mol. The van der Waals surface area contributed by atoms with E-state index in [4.69, 9.17) is 21.3 Å². The number of aromatic nitrogens is 3. The van der Waals surface area contributed by atoms with E-state index in [2.05, 4.69) is 70.7 Å². The summed E-state index contributed by atoms with van der Waals surface area (Å²) < 4.78 is 6.32. The second-order valence-electron chi connectivity index (χ2n) is 8.12. The van der Waals surface area contributed by atoms with Crippen molar-refractivity contribution in [2.45, 2.75) is 24.4 Å². The summed E-state index contributed by atoms with van der Waals surface area (Å²) in [5.74, 6) is 2.61. The van der Waals surface area contributed by atoms with Crippen LogP contribution in [0, 0.1) is 0 Å². The lowest BCUT2D eigenvalue weighted by atomic mass is 9.88. The van der Waals surface area contributed by atoms with E-state index in [1.54, 1.807) is 0 Å². The summed E-state index contributed by atoms with van der Waals surface area (Å²) in [4.78, 5) is 13.4. The molecule has 0 spiro atoms. The molecule has 2 aliphatic carbocycles. The van der Waals surface area contributed by atoms with E-state index in [-0.39, 0.29) is 17.3 Å². The van der Waals surface area contributed by atoms with Crippen molar-refractivity contribution in [1.82, 2.24) is 15.0 Å². The summed E-state index contributed by atoms with van der Waals surface area (Å²) in [6.45, 7) is 0. The molecule has 156 valence electrons. The SMILES string of the molecule is Clc1nc(-c2ccccc2)nc(C2C=CC(c3cccc4c3OC3C=CC=CC43)=CC2)n1. The molecule has 2 heterocycles. The Bertz CT molecular complexity index is 1310. The lowest BCUT2D eigenvalue weighted by Crippen LogP contribution is -2.15. The van der Waals surface area contributed by atoms with Crippen LogP contribution in [0.25, 0.3) is 17.0 Å². The zero-order valence-electron chi connectivity index (χ0n) is 17.2. The number of para-hydroxylation sites is 1. The number of benzene rings is 2. The van der Waals surface area contributed by atoms with Gasteiger partial charge in [-0.1, -0.05) is 85.0 Å². The molecule has 32 heavy (non-hydrogen) atoms. The van der Waals surface area contributed by atoms with Gasteiger partial charge in [0.1, 0.15) is 17.7 Å². The van der Waals surface area contributed by atoms with Gasteiger partial charge in [-0.3, -0.25) is 0 Å². The molecule has 4 nitrogen and oxygen atoms in total. The minimum absolute atomic E-state index is 0.0489. The van der Waals surface area contributed by atoms with Crippen LogP contribution in [-0.2, 0) is 0 Å². The molecule has 0 amide bonds. The molecule has 0 bridgehead atoms. The van der Waals surface area contributed by atoms with Crippen LogP contribution < -0.4 is 4.74 Å². The Morgan fingerprint density at radius 3 is 2.59 bits per heavy atom. The number of fused-ring (bicyclic) bond motifs is 3. The van der Waals surface area contributed by atoms with E-state index in [1.807, 2.05) is 30.3 Å². The summed E-state index contributed by atoms with van der Waals surface area (Å²) in [6, 6.07) is 16.3. The van der Waals surface area contributed by atoms with Crippen LogP contribution in [0.2, 0.25) is 5.28 Å². The summed E-state index contributed by atoms with van der Waals surface area (Å²) in [7, 11) is 0. The second-order valence-corrected chi connectivity index (χ2v) is 8.45. The molecule has 1 aromatic heterocycles. The minimum atomic E-state index is 0.0489. The molecular weight excluding hydrogens is 418 g/mol. The zero-order chi connectivity index (χ0) is 21.5. The number of hydrogen-bond acceptors (Lipinski definition) is 4. The Morgan fingerprint density at radius 1 is 0.875 bits per heavy atom. The van der Waals surface area contributed by atoms with Crippen LogP contribution in [0.5, 0.6) is 5.75 Å². The highest BCUT2D eigenvalue weighted by Crippen LogP contribution is 2.46. The first-order valence-corrected chi connectivity index (χ1v) is 11.1. The van der Waals surface area contributed by atoms with Crippen molar-refractivity contribution in [2.75, 3.05) is 0 Å². The average Bonchev–Trinajstić information content (AvgIpc) is 3.23. The van der Waals surface area contributed by atoms with Gasteiger partial charge in [-0.25, -0.2) is 9.97 Å². The van der Waals surface area contributed by atoms with Crippen molar-refractivity contribution in [3.63, 3.8) is 0 Å². The van der Waals surface area contributed by atoms with Crippen LogP contribution in [0.15, 0.2) is 91.1 Å². The summed E-state index contributed by atoms with van der Waals surface area (Å²) in [5, 5.41) is 0.218. The van der Waals surface area contributed by atoms with Gasteiger partial charge in [0.25, 0.3) is 0 Å². The largest absolute Gasteiger partial charge is 0.484 e. The molecule has 0 fully saturated rings. The maximum Gasteiger partial charge on any atom is 0.226 e. The monoisotopic (exact) mass is 437 g/mol.